The summed E-state index contributed by atoms with van der Waals surface area (Å²) in [6.07, 6.45) is 1.21. The van der Waals surface area contributed by atoms with Crippen LogP contribution < -0.4 is 5.32 Å². The molecule has 0 aliphatic rings. The van der Waals surface area contributed by atoms with Crippen LogP contribution in [-0.2, 0) is 4.79 Å². The Morgan fingerprint density at radius 1 is 1.70 bits per heavy atom. The van der Waals surface area contributed by atoms with Gasteiger partial charge in [0, 0.05) is 20.1 Å². The summed E-state index contributed by atoms with van der Waals surface area (Å²) in [5.74, 6) is 0.325. The van der Waals surface area contributed by atoms with Gasteiger partial charge in [-0.15, -0.1) is 0 Å². The molecular formula is C7H15NO2. The Morgan fingerprint density at radius 2 is 2.30 bits per heavy atom. The molecule has 0 saturated carbocycles. The molecule has 0 bridgehead atoms. The van der Waals surface area contributed by atoms with Crippen LogP contribution in [0.5, 0.6) is 0 Å². The first-order valence-electron chi connectivity index (χ1n) is 3.52. The fourth-order valence-corrected chi connectivity index (χ4v) is 0.741. The lowest BCUT2D eigenvalue weighted by Gasteiger charge is -2.06. The Balaban J connectivity index is 3.37. The van der Waals surface area contributed by atoms with Crippen molar-refractivity contribution in [3.8, 4) is 0 Å². The molecule has 2 N–H and O–H groups in total. The number of hydrogen-bond acceptors (Lipinski definition) is 2. The third kappa shape index (κ3) is 4.32. The summed E-state index contributed by atoms with van der Waals surface area (Å²) in [5, 5.41) is 11.0. The number of nitrogens with one attached hydrogen (secondary N) is 1. The van der Waals surface area contributed by atoms with Crippen LogP contribution in [-0.4, -0.2) is 24.7 Å². The zero-order valence-corrected chi connectivity index (χ0v) is 6.55. The fraction of sp³-hybridized carbons (Fsp3) is 0.857. The van der Waals surface area contributed by atoms with Crippen LogP contribution >= 0.6 is 0 Å². The fourth-order valence-electron chi connectivity index (χ4n) is 0.741. The molecule has 0 aromatic rings. The van der Waals surface area contributed by atoms with E-state index in [0.29, 0.717) is 12.8 Å². The van der Waals surface area contributed by atoms with Crippen LogP contribution in [0.25, 0.3) is 0 Å². The largest absolute Gasteiger partial charge is 0.396 e. The molecule has 60 valence electrons. The minimum Gasteiger partial charge on any atom is -0.396 e. The summed E-state index contributed by atoms with van der Waals surface area (Å²) in [6, 6.07) is 0. The van der Waals surface area contributed by atoms with Crippen molar-refractivity contribution in [2.75, 3.05) is 13.7 Å². The molecule has 1 atom stereocenters. The van der Waals surface area contributed by atoms with Gasteiger partial charge < -0.3 is 10.4 Å². The second kappa shape index (κ2) is 5.23. The maximum absolute atomic E-state index is 10.7. The molecule has 0 radical (unpaired) electrons. The number of aliphatic hydroxyl groups is 1. The van der Waals surface area contributed by atoms with E-state index in [1.165, 1.54) is 0 Å². The highest BCUT2D eigenvalue weighted by Crippen LogP contribution is 2.05. The van der Waals surface area contributed by atoms with Crippen LogP contribution in [0.15, 0.2) is 0 Å². The minimum atomic E-state index is 0.0425. The van der Waals surface area contributed by atoms with Gasteiger partial charge in [-0.3, -0.25) is 4.79 Å². The summed E-state index contributed by atoms with van der Waals surface area (Å²) in [5.41, 5.74) is 0. The van der Waals surface area contributed by atoms with Crippen molar-refractivity contribution in [2.45, 2.75) is 19.8 Å². The molecule has 1 amide bonds. The average molecular weight is 145 g/mol. The normalized spacial score (nSPS) is 12.7. The third-order valence-corrected chi connectivity index (χ3v) is 1.43. The van der Waals surface area contributed by atoms with E-state index < -0.39 is 0 Å². The summed E-state index contributed by atoms with van der Waals surface area (Å²) < 4.78 is 0. The van der Waals surface area contributed by atoms with Crippen LogP contribution in [0.1, 0.15) is 19.8 Å². The molecule has 0 fully saturated rings. The van der Waals surface area contributed by atoms with E-state index in [1.807, 2.05) is 6.92 Å². The first kappa shape index (κ1) is 9.43. The van der Waals surface area contributed by atoms with Gasteiger partial charge in [-0.2, -0.15) is 0 Å². The second-order valence-corrected chi connectivity index (χ2v) is 2.49. The Labute approximate surface area is 61.4 Å². The summed E-state index contributed by atoms with van der Waals surface area (Å²) in [6.45, 7) is 2.11. The number of hydrogen-bond donors (Lipinski definition) is 2. The Hall–Kier alpha value is -0.570. The average Bonchev–Trinajstić information content (AvgIpc) is 1.88. The predicted octanol–water partition coefficient (Wildman–Crippen LogP) is 0.141. The molecule has 0 aliphatic heterocycles. The van der Waals surface area contributed by atoms with E-state index in [4.69, 9.17) is 5.11 Å². The molecule has 0 saturated heterocycles. The van der Waals surface area contributed by atoms with Gasteiger partial charge in [0.25, 0.3) is 0 Å². The van der Waals surface area contributed by atoms with E-state index in [1.54, 1.807) is 7.05 Å². The lowest BCUT2D eigenvalue weighted by molar-refractivity contribution is -0.121. The van der Waals surface area contributed by atoms with Crippen molar-refractivity contribution in [3.05, 3.63) is 0 Å². The summed E-state index contributed by atoms with van der Waals surface area (Å²) >= 11 is 0. The van der Waals surface area contributed by atoms with Crippen molar-refractivity contribution in [1.82, 2.24) is 5.32 Å². The molecule has 0 aromatic carbocycles. The molecule has 10 heavy (non-hydrogen) atoms. The Bertz CT molecular complexity index is 104. The lowest BCUT2D eigenvalue weighted by atomic mass is 10.0. The van der Waals surface area contributed by atoms with Gasteiger partial charge in [0.15, 0.2) is 0 Å². The lowest BCUT2D eigenvalue weighted by Crippen LogP contribution is -2.20. The van der Waals surface area contributed by atoms with Gasteiger partial charge in [0.1, 0.15) is 0 Å². The van der Waals surface area contributed by atoms with Gasteiger partial charge >= 0.3 is 0 Å². The standard InChI is InChI=1S/C7H15NO2/c1-6(3-4-9)5-7(10)8-2/h6,9H,3-5H2,1-2H3,(H,8,10). The molecule has 0 heterocycles. The van der Waals surface area contributed by atoms with Crippen molar-refractivity contribution in [3.63, 3.8) is 0 Å². The zero-order chi connectivity index (χ0) is 7.98. The predicted molar refractivity (Wildman–Crippen MR) is 39.6 cm³/mol. The molecular weight excluding hydrogens is 130 g/mol. The number of carbonyl (C=O) groups is 1. The number of carbonyl (C=O) groups excluding carboxylic acids is 1. The third-order valence-electron chi connectivity index (χ3n) is 1.43. The van der Waals surface area contributed by atoms with Gasteiger partial charge in [-0.05, 0) is 12.3 Å². The van der Waals surface area contributed by atoms with Crippen LogP contribution in [0.4, 0.5) is 0 Å². The van der Waals surface area contributed by atoms with Crippen molar-refractivity contribution < 1.29 is 9.90 Å². The molecule has 3 nitrogen and oxygen atoms in total. The van der Waals surface area contributed by atoms with E-state index in [0.717, 1.165) is 0 Å². The number of aliphatic hydroxyl groups excluding tert-OH is 1. The highest BCUT2D eigenvalue weighted by atomic mass is 16.3. The first-order chi connectivity index (χ1) is 4.70. The monoisotopic (exact) mass is 145 g/mol. The van der Waals surface area contributed by atoms with Crippen molar-refractivity contribution in [1.29, 1.82) is 0 Å². The highest BCUT2D eigenvalue weighted by Gasteiger charge is 2.05. The summed E-state index contributed by atoms with van der Waals surface area (Å²) in [4.78, 5) is 10.7. The van der Waals surface area contributed by atoms with E-state index in [2.05, 4.69) is 5.32 Å². The SMILES string of the molecule is CNC(=O)CC(C)CCO. The van der Waals surface area contributed by atoms with Crippen LogP contribution in [0.2, 0.25) is 0 Å². The van der Waals surface area contributed by atoms with E-state index >= 15 is 0 Å². The number of rotatable bonds is 4. The number of amides is 1. The van der Waals surface area contributed by atoms with Gasteiger partial charge in [-0.1, -0.05) is 6.92 Å². The van der Waals surface area contributed by atoms with Gasteiger partial charge in [0.2, 0.25) is 5.91 Å². The highest BCUT2D eigenvalue weighted by molar-refractivity contribution is 5.75. The van der Waals surface area contributed by atoms with Gasteiger partial charge in [-0.25, -0.2) is 0 Å². The maximum Gasteiger partial charge on any atom is 0.220 e. The van der Waals surface area contributed by atoms with E-state index in [-0.39, 0.29) is 18.4 Å². The first-order valence-corrected chi connectivity index (χ1v) is 3.52. The zero-order valence-electron chi connectivity index (χ0n) is 6.55. The Kier molecular flexibility index (Phi) is 4.94. The topological polar surface area (TPSA) is 49.3 Å². The smallest absolute Gasteiger partial charge is 0.220 e. The molecule has 0 spiro atoms. The van der Waals surface area contributed by atoms with Gasteiger partial charge in [0.05, 0.1) is 0 Å². The molecule has 0 rings (SSSR count). The minimum absolute atomic E-state index is 0.0425. The molecule has 3 heteroatoms. The molecule has 1 unspecified atom stereocenters. The second-order valence-electron chi connectivity index (χ2n) is 2.49. The summed E-state index contributed by atoms with van der Waals surface area (Å²) in [7, 11) is 1.62. The van der Waals surface area contributed by atoms with Crippen molar-refractivity contribution in [2.24, 2.45) is 5.92 Å². The van der Waals surface area contributed by atoms with E-state index in [9.17, 15) is 4.79 Å². The Morgan fingerprint density at radius 3 is 2.70 bits per heavy atom. The molecule has 0 aromatic heterocycles. The van der Waals surface area contributed by atoms with Crippen molar-refractivity contribution >= 4 is 5.91 Å². The maximum atomic E-state index is 10.7. The van der Waals surface area contributed by atoms with Crippen LogP contribution in [0, 0.1) is 5.92 Å². The molecule has 0 aliphatic carbocycles. The van der Waals surface area contributed by atoms with Crippen LogP contribution in [0.3, 0.4) is 0 Å². The quantitative estimate of drug-likeness (QED) is 0.591.